The maximum Gasteiger partial charge on any atom is 0.168 e. The number of aromatic amines is 1. The summed E-state index contributed by atoms with van der Waals surface area (Å²) in [6.45, 7) is 0. The standard InChI is InChI=1S/C9H7N3O/c13-5-8-9(12-6-11-8)7-3-1-2-4-10-7/h1-6H,(H,11,12). The lowest BCUT2D eigenvalue weighted by molar-refractivity contribution is 0.112. The molecule has 4 nitrogen and oxygen atoms in total. The van der Waals surface area contributed by atoms with Gasteiger partial charge in [0, 0.05) is 6.20 Å². The lowest BCUT2D eigenvalue weighted by Crippen LogP contribution is -1.87. The molecule has 4 heteroatoms. The summed E-state index contributed by atoms with van der Waals surface area (Å²) in [6.07, 6.45) is 3.88. The number of nitrogens with zero attached hydrogens (tertiary/aromatic N) is 2. The largest absolute Gasteiger partial charge is 0.342 e. The molecule has 0 fully saturated rings. The fourth-order valence-corrected chi connectivity index (χ4v) is 1.10. The van der Waals surface area contributed by atoms with Gasteiger partial charge in [0.25, 0.3) is 0 Å². The zero-order chi connectivity index (χ0) is 9.10. The van der Waals surface area contributed by atoms with Gasteiger partial charge >= 0.3 is 0 Å². The number of carbonyl (C=O) groups is 1. The second kappa shape index (κ2) is 3.18. The first-order chi connectivity index (χ1) is 6.42. The van der Waals surface area contributed by atoms with Crippen molar-refractivity contribution in [2.24, 2.45) is 0 Å². The van der Waals surface area contributed by atoms with Gasteiger partial charge < -0.3 is 4.98 Å². The van der Waals surface area contributed by atoms with Gasteiger partial charge in [-0.1, -0.05) is 6.07 Å². The molecular weight excluding hydrogens is 166 g/mol. The number of rotatable bonds is 2. The summed E-state index contributed by atoms with van der Waals surface area (Å²) in [5.74, 6) is 0. The highest BCUT2D eigenvalue weighted by atomic mass is 16.1. The summed E-state index contributed by atoms with van der Waals surface area (Å²) in [6, 6.07) is 5.48. The van der Waals surface area contributed by atoms with Gasteiger partial charge in [0.2, 0.25) is 0 Å². The van der Waals surface area contributed by atoms with E-state index in [0.29, 0.717) is 17.1 Å². The third kappa shape index (κ3) is 1.33. The molecule has 64 valence electrons. The van der Waals surface area contributed by atoms with E-state index in [1.807, 2.05) is 18.2 Å². The SMILES string of the molecule is O=Cc1[nH]cnc1-c1ccccn1. The molecule has 0 radical (unpaired) electrons. The van der Waals surface area contributed by atoms with Crippen molar-refractivity contribution in [2.45, 2.75) is 0 Å². The minimum Gasteiger partial charge on any atom is -0.342 e. The van der Waals surface area contributed by atoms with E-state index in [4.69, 9.17) is 0 Å². The van der Waals surface area contributed by atoms with Crippen LogP contribution < -0.4 is 0 Å². The Morgan fingerprint density at radius 3 is 2.92 bits per heavy atom. The van der Waals surface area contributed by atoms with Gasteiger partial charge in [0.1, 0.15) is 11.4 Å². The van der Waals surface area contributed by atoms with Gasteiger partial charge in [-0.25, -0.2) is 4.98 Å². The first-order valence-electron chi connectivity index (χ1n) is 3.82. The molecule has 0 bridgehead atoms. The summed E-state index contributed by atoms with van der Waals surface area (Å²) in [5.41, 5.74) is 1.75. The summed E-state index contributed by atoms with van der Waals surface area (Å²) in [7, 11) is 0. The summed E-state index contributed by atoms with van der Waals surface area (Å²) < 4.78 is 0. The van der Waals surface area contributed by atoms with E-state index in [1.165, 1.54) is 6.33 Å². The van der Waals surface area contributed by atoms with E-state index in [0.717, 1.165) is 6.29 Å². The van der Waals surface area contributed by atoms with E-state index in [2.05, 4.69) is 15.0 Å². The lowest BCUT2D eigenvalue weighted by atomic mass is 10.2. The van der Waals surface area contributed by atoms with Crippen molar-refractivity contribution < 1.29 is 4.79 Å². The molecule has 0 unspecified atom stereocenters. The van der Waals surface area contributed by atoms with Crippen molar-refractivity contribution in [3.8, 4) is 11.4 Å². The Morgan fingerprint density at radius 1 is 1.31 bits per heavy atom. The van der Waals surface area contributed by atoms with Crippen LogP contribution in [0.15, 0.2) is 30.7 Å². The van der Waals surface area contributed by atoms with Crippen LogP contribution in [-0.4, -0.2) is 21.2 Å². The van der Waals surface area contributed by atoms with E-state index < -0.39 is 0 Å². The van der Waals surface area contributed by atoms with Crippen LogP contribution in [0, 0.1) is 0 Å². The first-order valence-corrected chi connectivity index (χ1v) is 3.82. The van der Waals surface area contributed by atoms with E-state index in [1.54, 1.807) is 6.20 Å². The zero-order valence-corrected chi connectivity index (χ0v) is 6.77. The molecule has 0 saturated carbocycles. The average molecular weight is 173 g/mol. The molecule has 0 aliphatic rings. The average Bonchev–Trinajstić information content (AvgIpc) is 2.67. The normalized spacial score (nSPS) is 9.85. The van der Waals surface area contributed by atoms with Gasteiger partial charge in [0.15, 0.2) is 6.29 Å². The maximum absolute atomic E-state index is 10.6. The third-order valence-electron chi connectivity index (χ3n) is 1.69. The van der Waals surface area contributed by atoms with Crippen LogP contribution in [0.2, 0.25) is 0 Å². The smallest absolute Gasteiger partial charge is 0.168 e. The summed E-state index contributed by atoms with van der Waals surface area (Å²) >= 11 is 0. The van der Waals surface area contributed by atoms with Crippen LogP contribution >= 0.6 is 0 Å². The highest BCUT2D eigenvalue weighted by Gasteiger charge is 2.06. The quantitative estimate of drug-likeness (QED) is 0.696. The Bertz CT molecular complexity index is 408. The van der Waals surface area contributed by atoms with Crippen LogP contribution in [-0.2, 0) is 0 Å². The Labute approximate surface area is 74.7 Å². The highest BCUT2D eigenvalue weighted by Crippen LogP contribution is 2.15. The first kappa shape index (κ1) is 7.67. The molecule has 13 heavy (non-hydrogen) atoms. The maximum atomic E-state index is 10.6. The zero-order valence-electron chi connectivity index (χ0n) is 6.77. The van der Waals surface area contributed by atoms with Crippen molar-refractivity contribution in [2.75, 3.05) is 0 Å². The molecule has 2 rings (SSSR count). The number of aldehydes is 1. The van der Waals surface area contributed by atoms with Crippen LogP contribution in [0.1, 0.15) is 10.5 Å². The molecule has 0 aliphatic carbocycles. The van der Waals surface area contributed by atoms with Gasteiger partial charge in [-0.3, -0.25) is 9.78 Å². The monoisotopic (exact) mass is 173 g/mol. The molecular formula is C9H7N3O. The molecule has 1 N–H and O–H groups in total. The highest BCUT2D eigenvalue weighted by molar-refractivity contribution is 5.82. The van der Waals surface area contributed by atoms with E-state index in [9.17, 15) is 4.79 Å². The summed E-state index contributed by atoms with van der Waals surface area (Å²) in [4.78, 5) is 21.4. The van der Waals surface area contributed by atoms with Crippen molar-refractivity contribution >= 4 is 6.29 Å². The predicted octanol–water partition coefficient (Wildman–Crippen LogP) is 1.28. The van der Waals surface area contributed by atoms with Crippen LogP contribution in [0.4, 0.5) is 0 Å². The number of pyridine rings is 1. The van der Waals surface area contributed by atoms with Gasteiger partial charge in [-0.15, -0.1) is 0 Å². The molecule has 0 spiro atoms. The Morgan fingerprint density at radius 2 is 2.23 bits per heavy atom. The number of nitrogens with one attached hydrogen (secondary N) is 1. The number of H-pyrrole nitrogens is 1. The van der Waals surface area contributed by atoms with E-state index >= 15 is 0 Å². The van der Waals surface area contributed by atoms with Crippen LogP contribution in [0.5, 0.6) is 0 Å². The predicted molar refractivity (Wildman–Crippen MR) is 47.2 cm³/mol. The Kier molecular flexibility index (Phi) is 1.88. The molecule has 2 aromatic heterocycles. The van der Waals surface area contributed by atoms with E-state index in [-0.39, 0.29) is 0 Å². The molecule has 0 aliphatic heterocycles. The van der Waals surface area contributed by atoms with Gasteiger partial charge in [0.05, 0.1) is 12.0 Å². The molecule has 0 saturated heterocycles. The topological polar surface area (TPSA) is 58.6 Å². The molecule has 2 aromatic rings. The minimum absolute atomic E-state index is 0.457. The number of aromatic nitrogens is 3. The summed E-state index contributed by atoms with van der Waals surface area (Å²) in [5, 5.41) is 0. The van der Waals surface area contributed by atoms with Crippen molar-refractivity contribution in [3.05, 3.63) is 36.4 Å². The van der Waals surface area contributed by atoms with Crippen LogP contribution in [0.3, 0.4) is 0 Å². The number of hydrogen-bond donors (Lipinski definition) is 1. The second-order valence-electron chi connectivity index (χ2n) is 2.50. The van der Waals surface area contributed by atoms with Gasteiger partial charge in [-0.05, 0) is 12.1 Å². The Hall–Kier alpha value is -1.97. The minimum atomic E-state index is 0.457. The molecule has 0 aromatic carbocycles. The van der Waals surface area contributed by atoms with Crippen molar-refractivity contribution in [1.29, 1.82) is 0 Å². The van der Waals surface area contributed by atoms with Gasteiger partial charge in [-0.2, -0.15) is 0 Å². The van der Waals surface area contributed by atoms with Crippen molar-refractivity contribution in [1.82, 2.24) is 15.0 Å². The lowest BCUT2D eigenvalue weighted by Gasteiger charge is -1.94. The fourth-order valence-electron chi connectivity index (χ4n) is 1.10. The Balaban J connectivity index is 2.52. The van der Waals surface area contributed by atoms with Crippen LogP contribution in [0.25, 0.3) is 11.4 Å². The third-order valence-corrected chi connectivity index (χ3v) is 1.69. The molecule has 2 heterocycles. The molecule has 0 atom stereocenters. The number of hydrogen-bond acceptors (Lipinski definition) is 3. The number of carbonyl (C=O) groups excluding carboxylic acids is 1. The second-order valence-corrected chi connectivity index (χ2v) is 2.50. The number of imidazole rings is 1. The molecule has 0 amide bonds. The van der Waals surface area contributed by atoms with Crippen molar-refractivity contribution in [3.63, 3.8) is 0 Å². The fraction of sp³-hybridized carbons (Fsp3) is 0.